The molecule has 516 valence electrons. The highest BCUT2D eigenvalue weighted by Gasteiger charge is 2.30. The molecule has 0 aliphatic rings. The standard InChI is InChI=1S/C68H132O17P2/c1-8-9-10-11-12-13-14-22-29-37-44-51-67(72)85-64(56-79-66(71)50-43-36-31-24-27-34-41-48-61(6)7)58-83-87(76,77)81-54-62(69)53-80-86(74,75)82-57-63(84-68(73)52-45-38-30-23-18-16-20-26-33-40-47-60(4)5)55-78-65(70)49-42-35-28-21-17-15-19-25-32-39-46-59(2)3/h59-64,69H,8-58H2,1-7H3,(H,74,75)(H,76,77)/t62-,63-,64-/m1/s1. The lowest BCUT2D eigenvalue weighted by molar-refractivity contribution is -0.161. The van der Waals surface area contributed by atoms with Gasteiger partial charge in [0.15, 0.2) is 12.2 Å². The fourth-order valence-corrected chi connectivity index (χ4v) is 11.8. The Morgan fingerprint density at radius 2 is 0.529 bits per heavy atom. The van der Waals surface area contributed by atoms with Crippen LogP contribution in [0.15, 0.2) is 0 Å². The van der Waals surface area contributed by atoms with E-state index in [4.69, 9.17) is 37.0 Å². The lowest BCUT2D eigenvalue weighted by Gasteiger charge is -2.21. The van der Waals surface area contributed by atoms with Gasteiger partial charge in [0, 0.05) is 25.7 Å². The third-order valence-corrected chi connectivity index (χ3v) is 17.5. The Hall–Kier alpha value is -1.94. The number of carbonyl (C=O) groups excluding carboxylic acids is 4. The molecule has 5 atom stereocenters. The van der Waals surface area contributed by atoms with E-state index < -0.39 is 97.5 Å². The highest BCUT2D eigenvalue weighted by molar-refractivity contribution is 7.47. The summed E-state index contributed by atoms with van der Waals surface area (Å²) in [5.41, 5.74) is 0. The fourth-order valence-electron chi connectivity index (χ4n) is 10.2. The van der Waals surface area contributed by atoms with Gasteiger partial charge in [-0.3, -0.25) is 37.3 Å². The van der Waals surface area contributed by atoms with Gasteiger partial charge in [-0.05, 0) is 43.4 Å². The summed E-state index contributed by atoms with van der Waals surface area (Å²) >= 11 is 0. The Kier molecular flexibility index (Phi) is 57.8. The molecule has 2 unspecified atom stereocenters. The fraction of sp³-hybridized carbons (Fsp3) is 0.941. The van der Waals surface area contributed by atoms with E-state index in [1.165, 1.54) is 141 Å². The first-order valence-corrected chi connectivity index (χ1v) is 38.3. The Morgan fingerprint density at radius 1 is 0.310 bits per heavy atom. The van der Waals surface area contributed by atoms with E-state index in [9.17, 15) is 43.2 Å². The van der Waals surface area contributed by atoms with Crippen molar-refractivity contribution in [1.29, 1.82) is 0 Å². The van der Waals surface area contributed by atoms with Gasteiger partial charge in [-0.2, -0.15) is 0 Å². The molecule has 0 aromatic heterocycles. The summed E-state index contributed by atoms with van der Waals surface area (Å²) in [7, 11) is -9.90. The molecule has 0 aliphatic carbocycles. The number of esters is 4. The molecule has 17 nitrogen and oxygen atoms in total. The van der Waals surface area contributed by atoms with Crippen molar-refractivity contribution in [2.75, 3.05) is 39.6 Å². The first-order valence-electron chi connectivity index (χ1n) is 35.3. The van der Waals surface area contributed by atoms with E-state index in [1.54, 1.807) is 0 Å². The van der Waals surface area contributed by atoms with Crippen molar-refractivity contribution in [2.45, 2.75) is 356 Å². The number of phosphoric ester groups is 2. The van der Waals surface area contributed by atoms with Crippen LogP contribution in [-0.2, 0) is 65.4 Å². The van der Waals surface area contributed by atoms with Gasteiger partial charge < -0.3 is 33.8 Å². The second kappa shape index (κ2) is 59.1. The summed E-state index contributed by atoms with van der Waals surface area (Å²) in [6, 6.07) is 0. The maximum absolute atomic E-state index is 13.0. The highest BCUT2D eigenvalue weighted by atomic mass is 31.2. The van der Waals surface area contributed by atoms with Gasteiger partial charge >= 0.3 is 39.5 Å². The number of phosphoric acid groups is 2. The van der Waals surface area contributed by atoms with E-state index >= 15 is 0 Å². The van der Waals surface area contributed by atoms with Crippen LogP contribution in [0.2, 0.25) is 0 Å². The van der Waals surface area contributed by atoms with Crippen LogP contribution in [0.4, 0.5) is 0 Å². The van der Waals surface area contributed by atoms with Crippen molar-refractivity contribution in [2.24, 2.45) is 17.8 Å². The van der Waals surface area contributed by atoms with E-state index in [2.05, 4.69) is 48.5 Å². The van der Waals surface area contributed by atoms with Crippen molar-refractivity contribution in [1.82, 2.24) is 0 Å². The average Bonchev–Trinajstić information content (AvgIpc) is 3.69. The van der Waals surface area contributed by atoms with Gasteiger partial charge in [0.05, 0.1) is 26.4 Å². The molecule has 0 spiro atoms. The predicted octanol–water partition coefficient (Wildman–Crippen LogP) is 19.1. The summed E-state index contributed by atoms with van der Waals surface area (Å²) in [6.07, 6.45) is 41.7. The molecular formula is C68H132O17P2. The molecular weight excluding hydrogens is 1150 g/mol. The third kappa shape index (κ3) is 62.6. The second-order valence-corrected chi connectivity index (χ2v) is 28.9. The summed E-state index contributed by atoms with van der Waals surface area (Å²) in [5, 5.41) is 10.6. The van der Waals surface area contributed by atoms with Crippen LogP contribution in [0.1, 0.15) is 337 Å². The minimum absolute atomic E-state index is 0.105. The molecule has 0 aromatic rings. The molecule has 0 aliphatic heterocycles. The lowest BCUT2D eigenvalue weighted by atomic mass is 10.0. The third-order valence-electron chi connectivity index (χ3n) is 15.6. The molecule has 0 radical (unpaired) electrons. The van der Waals surface area contributed by atoms with Crippen LogP contribution in [0.25, 0.3) is 0 Å². The number of ether oxygens (including phenoxy) is 4. The number of rotatable bonds is 66. The average molecular weight is 1280 g/mol. The minimum Gasteiger partial charge on any atom is -0.462 e. The van der Waals surface area contributed by atoms with Gasteiger partial charge in [-0.15, -0.1) is 0 Å². The maximum Gasteiger partial charge on any atom is 0.472 e. The normalized spacial score (nSPS) is 14.3. The number of aliphatic hydroxyl groups excluding tert-OH is 1. The summed E-state index contributed by atoms with van der Waals surface area (Å²) < 4.78 is 68.2. The van der Waals surface area contributed by atoms with Gasteiger partial charge in [-0.1, -0.05) is 286 Å². The topological polar surface area (TPSA) is 237 Å². The first-order chi connectivity index (χ1) is 41.7. The van der Waals surface area contributed by atoms with Crippen LogP contribution >= 0.6 is 15.6 Å². The molecule has 0 saturated heterocycles. The lowest BCUT2D eigenvalue weighted by Crippen LogP contribution is -2.30. The summed E-state index contributed by atoms with van der Waals surface area (Å²) in [5.74, 6) is 0.0865. The number of hydrogen-bond acceptors (Lipinski definition) is 15. The van der Waals surface area contributed by atoms with E-state index in [-0.39, 0.29) is 25.7 Å². The van der Waals surface area contributed by atoms with Gasteiger partial charge in [0.1, 0.15) is 19.3 Å². The second-order valence-electron chi connectivity index (χ2n) is 26.0. The summed E-state index contributed by atoms with van der Waals surface area (Å²) in [4.78, 5) is 72.4. The Labute approximate surface area is 530 Å². The van der Waals surface area contributed by atoms with Crippen molar-refractivity contribution in [3.63, 3.8) is 0 Å². The van der Waals surface area contributed by atoms with Crippen LogP contribution < -0.4 is 0 Å². The van der Waals surface area contributed by atoms with Crippen LogP contribution in [0.5, 0.6) is 0 Å². The van der Waals surface area contributed by atoms with E-state index in [0.29, 0.717) is 31.6 Å². The number of hydrogen-bond donors (Lipinski definition) is 3. The molecule has 0 heterocycles. The monoisotopic (exact) mass is 1280 g/mol. The SMILES string of the molecule is CCCCCCCCCCCCCC(=O)O[C@H](COC(=O)CCCCCCCCCC(C)C)COP(=O)(O)OC[C@H](O)COP(=O)(O)OC[C@@H](COC(=O)CCCCCCCCCCCCC(C)C)OC(=O)CCCCCCCCCCCCC(C)C. The number of aliphatic hydroxyl groups is 1. The highest BCUT2D eigenvalue weighted by Crippen LogP contribution is 2.45. The molecule has 0 aromatic carbocycles. The van der Waals surface area contributed by atoms with Crippen molar-refractivity contribution < 1.29 is 80.2 Å². The van der Waals surface area contributed by atoms with E-state index in [0.717, 1.165) is 108 Å². The largest absolute Gasteiger partial charge is 0.472 e. The van der Waals surface area contributed by atoms with Gasteiger partial charge in [0.25, 0.3) is 0 Å². The molecule has 0 amide bonds. The van der Waals surface area contributed by atoms with Gasteiger partial charge in [0.2, 0.25) is 0 Å². The van der Waals surface area contributed by atoms with Crippen LogP contribution in [0, 0.1) is 17.8 Å². The zero-order valence-electron chi connectivity index (χ0n) is 56.5. The van der Waals surface area contributed by atoms with Crippen molar-refractivity contribution in [3.05, 3.63) is 0 Å². The first kappa shape index (κ1) is 85.1. The molecule has 87 heavy (non-hydrogen) atoms. The zero-order valence-corrected chi connectivity index (χ0v) is 58.3. The Morgan fingerprint density at radius 3 is 0.782 bits per heavy atom. The Bertz CT molecular complexity index is 1720. The maximum atomic E-state index is 13.0. The predicted molar refractivity (Wildman–Crippen MR) is 349 cm³/mol. The zero-order chi connectivity index (χ0) is 64.5. The van der Waals surface area contributed by atoms with E-state index in [1.807, 2.05) is 0 Å². The van der Waals surface area contributed by atoms with Crippen LogP contribution in [0.3, 0.4) is 0 Å². The molecule has 19 heteroatoms. The number of carbonyl (C=O) groups is 4. The molecule has 0 rings (SSSR count). The minimum atomic E-state index is -4.95. The quantitative estimate of drug-likeness (QED) is 0.0222. The molecule has 3 N–H and O–H groups in total. The summed E-state index contributed by atoms with van der Waals surface area (Å²) in [6.45, 7) is 11.8. The molecule has 0 saturated carbocycles. The van der Waals surface area contributed by atoms with Crippen molar-refractivity contribution in [3.8, 4) is 0 Å². The molecule has 0 fully saturated rings. The molecule has 0 bridgehead atoms. The van der Waals surface area contributed by atoms with Gasteiger partial charge in [-0.25, -0.2) is 9.13 Å². The smallest absolute Gasteiger partial charge is 0.462 e. The number of unbranched alkanes of at least 4 members (excludes halogenated alkanes) is 34. The van der Waals surface area contributed by atoms with Crippen molar-refractivity contribution >= 4 is 39.5 Å². The Balaban J connectivity index is 5.25. The van der Waals surface area contributed by atoms with Crippen LogP contribution in [-0.4, -0.2) is 96.7 Å².